The van der Waals surface area contributed by atoms with E-state index in [2.05, 4.69) is 15.6 Å². The van der Waals surface area contributed by atoms with Gasteiger partial charge < -0.3 is 30.0 Å². The molecule has 0 fully saturated rings. The number of aromatic amines is 1. The number of methoxy groups -OCH3 is 1. The van der Waals surface area contributed by atoms with Gasteiger partial charge in [-0.05, 0) is 63.1 Å². The SMILES string of the molecule is COC(=O)C(Cc1ccc(Oc2ccc(Cc3sc(=O)[nH]c3O)cc2)cc1)NC(=O)C(C)NC(=O)OC(C)(C)C. The maximum atomic E-state index is 12.6. The van der Waals surface area contributed by atoms with E-state index in [1.165, 1.54) is 14.0 Å². The summed E-state index contributed by atoms with van der Waals surface area (Å²) >= 11 is 0.967. The van der Waals surface area contributed by atoms with Gasteiger partial charge in [-0.3, -0.25) is 14.6 Å². The van der Waals surface area contributed by atoms with Crippen LogP contribution in [0.5, 0.6) is 17.4 Å². The van der Waals surface area contributed by atoms with Gasteiger partial charge >= 0.3 is 16.9 Å². The highest BCUT2D eigenvalue weighted by molar-refractivity contribution is 7.09. The second-order valence-electron chi connectivity index (χ2n) is 10.0. The van der Waals surface area contributed by atoms with Crippen LogP contribution in [0, 0.1) is 0 Å². The molecule has 214 valence electrons. The Hall–Kier alpha value is -4.32. The molecule has 0 aliphatic rings. The highest BCUT2D eigenvalue weighted by Crippen LogP contribution is 2.25. The number of thiazole rings is 1. The number of carbonyl (C=O) groups is 3. The molecule has 0 bridgehead atoms. The van der Waals surface area contributed by atoms with E-state index in [0.29, 0.717) is 22.8 Å². The molecule has 2 atom stereocenters. The topological polar surface area (TPSA) is 156 Å². The maximum Gasteiger partial charge on any atom is 0.408 e. The summed E-state index contributed by atoms with van der Waals surface area (Å²) in [6.45, 7) is 6.62. The van der Waals surface area contributed by atoms with Crippen LogP contribution >= 0.6 is 11.3 Å². The molecule has 0 saturated heterocycles. The Morgan fingerprint density at radius 2 is 1.55 bits per heavy atom. The summed E-state index contributed by atoms with van der Waals surface area (Å²) in [6, 6.07) is 12.3. The van der Waals surface area contributed by atoms with Crippen LogP contribution in [0.1, 0.15) is 43.7 Å². The lowest BCUT2D eigenvalue weighted by Crippen LogP contribution is -2.51. The van der Waals surface area contributed by atoms with Crippen molar-refractivity contribution in [2.24, 2.45) is 0 Å². The number of hydrogen-bond acceptors (Lipinski definition) is 9. The predicted molar refractivity (Wildman–Crippen MR) is 149 cm³/mol. The standard InChI is InChI=1S/C28H33N3O8S/c1-16(29-26(35)39-28(2,3)4)23(32)30-21(25(34)37-5)14-17-6-10-19(11-7-17)38-20-12-8-18(9-13-20)15-22-24(33)31-27(36)40-22/h6-13,16,21,33H,14-15H2,1-5H3,(H,29,35)(H,30,32)(H,31,36). The molecule has 11 nitrogen and oxygen atoms in total. The number of rotatable bonds is 10. The van der Waals surface area contributed by atoms with Gasteiger partial charge in [0.25, 0.3) is 0 Å². The number of aromatic nitrogens is 1. The minimum absolute atomic E-state index is 0.114. The summed E-state index contributed by atoms with van der Waals surface area (Å²) in [7, 11) is 1.23. The van der Waals surface area contributed by atoms with Gasteiger partial charge in [0, 0.05) is 12.8 Å². The van der Waals surface area contributed by atoms with E-state index in [1.54, 1.807) is 57.2 Å². The predicted octanol–water partition coefficient (Wildman–Crippen LogP) is 3.64. The second-order valence-corrected chi connectivity index (χ2v) is 11.1. The van der Waals surface area contributed by atoms with E-state index in [9.17, 15) is 24.3 Å². The second kappa shape index (κ2) is 13.2. The number of alkyl carbamates (subject to hydrolysis) is 1. The Labute approximate surface area is 235 Å². The number of H-pyrrole nitrogens is 1. The molecule has 1 aromatic heterocycles. The van der Waals surface area contributed by atoms with E-state index in [-0.39, 0.29) is 17.2 Å². The summed E-state index contributed by atoms with van der Waals surface area (Å²) < 4.78 is 15.9. The average Bonchev–Trinajstić information content (AvgIpc) is 3.20. The number of hydrogen-bond donors (Lipinski definition) is 4. The first kappa shape index (κ1) is 30.2. The van der Waals surface area contributed by atoms with Crippen LogP contribution in [-0.4, -0.2) is 52.9 Å². The lowest BCUT2D eigenvalue weighted by molar-refractivity contribution is -0.145. The molecule has 0 radical (unpaired) electrons. The molecule has 40 heavy (non-hydrogen) atoms. The summed E-state index contributed by atoms with van der Waals surface area (Å²) in [6.07, 6.45) is -0.170. The zero-order chi connectivity index (χ0) is 29.4. The lowest BCUT2D eigenvalue weighted by atomic mass is 10.1. The van der Waals surface area contributed by atoms with E-state index < -0.39 is 35.7 Å². The molecule has 1 heterocycles. The number of carbonyl (C=O) groups excluding carboxylic acids is 3. The Balaban J connectivity index is 1.57. The molecule has 0 saturated carbocycles. The van der Waals surface area contributed by atoms with Crippen molar-refractivity contribution < 1.29 is 33.7 Å². The van der Waals surface area contributed by atoms with E-state index in [4.69, 9.17) is 14.2 Å². The first-order valence-corrected chi connectivity index (χ1v) is 13.3. The van der Waals surface area contributed by atoms with Gasteiger partial charge in [-0.2, -0.15) is 0 Å². The molecule has 0 aliphatic carbocycles. The zero-order valence-corrected chi connectivity index (χ0v) is 23.7. The van der Waals surface area contributed by atoms with Gasteiger partial charge in [0.1, 0.15) is 29.2 Å². The zero-order valence-electron chi connectivity index (χ0n) is 22.9. The molecular formula is C28H33N3O8S. The molecule has 2 aromatic carbocycles. The fourth-order valence-corrected chi connectivity index (χ4v) is 4.34. The number of nitrogens with one attached hydrogen (secondary N) is 3. The molecule has 2 amide bonds. The number of aromatic hydroxyl groups is 1. The van der Waals surface area contributed by atoms with Gasteiger partial charge in [-0.1, -0.05) is 35.6 Å². The molecule has 0 aliphatic heterocycles. The average molecular weight is 572 g/mol. The van der Waals surface area contributed by atoms with Crippen molar-refractivity contribution in [2.75, 3.05) is 7.11 Å². The monoisotopic (exact) mass is 571 g/mol. The van der Waals surface area contributed by atoms with Gasteiger partial charge in [0.05, 0.1) is 12.0 Å². The fourth-order valence-electron chi connectivity index (χ4n) is 3.58. The van der Waals surface area contributed by atoms with Crippen molar-refractivity contribution in [3.8, 4) is 17.4 Å². The van der Waals surface area contributed by atoms with Crippen molar-refractivity contribution in [3.05, 3.63) is 74.2 Å². The van der Waals surface area contributed by atoms with E-state index in [1.807, 2.05) is 12.1 Å². The largest absolute Gasteiger partial charge is 0.494 e. The molecule has 3 aromatic rings. The molecule has 3 rings (SSSR count). The molecule has 2 unspecified atom stereocenters. The van der Waals surface area contributed by atoms with Crippen molar-refractivity contribution in [1.82, 2.24) is 15.6 Å². The Kier molecular flexibility index (Phi) is 9.94. The van der Waals surface area contributed by atoms with Crippen LogP contribution in [0.15, 0.2) is 53.3 Å². The summed E-state index contributed by atoms with van der Waals surface area (Å²) in [4.78, 5) is 50.9. The van der Waals surface area contributed by atoms with E-state index in [0.717, 1.165) is 22.5 Å². The molecular weight excluding hydrogens is 538 g/mol. The number of ether oxygens (including phenoxy) is 3. The van der Waals surface area contributed by atoms with Gasteiger partial charge in [0.2, 0.25) is 11.8 Å². The molecule has 12 heteroatoms. The number of esters is 1. The first-order valence-electron chi connectivity index (χ1n) is 12.5. The third kappa shape index (κ3) is 9.16. The van der Waals surface area contributed by atoms with Crippen LogP contribution in [0.25, 0.3) is 0 Å². The van der Waals surface area contributed by atoms with Crippen molar-refractivity contribution in [3.63, 3.8) is 0 Å². The van der Waals surface area contributed by atoms with Crippen LogP contribution in [0.4, 0.5) is 4.79 Å². The smallest absolute Gasteiger partial charge is 0.408 e. The van der Waals surface area contributed by atoms with Crippen molar-refractivity contribution >= 4 is 29.3 Å². The molecule has 4 N–H and O–H groups in total. The quantitative estimate of drug-likeness (QED) is 0.269. The Morgan fingerprint density at radius 3 is 2.05 bits per heavy atom. The normalized spacial score (nSPS) is 12.6. The summed E-state index contributed by atoms with van der Waals surface area (Å²) in [5.74, 6) is -0.151. The van der Waals surface area contributed by atoms with Crippen LogP contribution in [0.2, 0.25) is 0 Å². The fraction of sp³-hybridized carbons (Fsp3) is 0.357. The number of benzene rings is 2. The van der Waals surface area contributed by atoms with Crippen molar-refractivity contribution in [2.45, 2.75) is 58.2 Å². The third-order valence-corrected chi connectivity index (χ3v) is 6.39. The van der Waals surface area contributed by atoms with Crippen molar-refractivity contribution in [1.29, 1.82) is 0 Å². The minimum Gasteiger partial charge on any atom is -0.494 e. The lowest BCUT2D eigenvalue weighted by Gasteiger charge is -2.23. The number of amides is 2. The van der Waals surface area contributed by atoms with Crippen LogP contribution < -0.4 is 20.2 Å². The minimum atomic E-state index is -0.974. The van der Waals surface area contributed by atoms with Gasteiger partial charge in [0.15, 0.2) is 0 Å². The summed E-state index contributed by atoms with van der Waals surface area (Å²) in [5, 5.41) is 14.8. The third-order valence-electron chi connectivity index (χ3n) is 5.52. The maximum absolute atomic E-state index is 12.6. The Bertz CT molecular complexity index is 1370. The highest BCUT2D eigenvalue weighted by atomic mass is 32.1. The van der Waals surface area contributed by atoms with Gasteiger partial charge in [-0.25, -0.2) is 9.59 Å². The van der Waals surface area contributed by atoms with Gasteiger partial charge in [-0.15, -0.1) is 0 Å². The Morgan fingerprint density at radius 1 is 0.975 bits per heavy atom. The van der Waals surface area contributed by atoms with E-state index >= 15 is 0 Å². The van der Waals surface area contributed by atoms with Crippen LogP contribution in [-0.2, 0) is 31.9 Å². The first-order chi connectivity index (χ1) is 18.8. The summed E-state index contributed by atoms with van der Waals surface area (Å²) in [5.41, 5.74) is 0.933. The highest BCUT2D eigenvalue weighted by Gasteiger charge is 2.26. The molecule has 0 spiro atoms. The van der Waals surface area contributed by atoms with Crippen LogP contribution in [0.3, 0.4) is 0 Å².